The van der Waals surface area contributed by atoms with Gasteiger partial charge in [-0.3, -0.25) is 9.59 Å². The van der Waals surface area contributed by atoms with E-state index in [0.29, 0.717) is 22.8 Å². The number of aromatic nitrogens is 3. The number of carbonyl (C=O) groups is 2. The van der Waals surface area contributed by atoms with Gasteiger partial charge in [0.05, 0.1) is 33.5 Å². The lowest BCUT2D eigenvalue weighted by molar-refractivity contribution is 0.0926. The maximum atomic E-state index is 15.3. The van der Waals surface area contributed by atoms with Gasteiger partial charge in [-0.25, -0.2) is 4.90 Å². The molecule has 3 aromatic heterocycles. The maximum absolute atomic E-state index is 15.3. The van der Waals surface area contributed by atoms with Crippen molar-refractivity contribution >= 4 is 50.9 Å². The van der Waals surface area contributed by atoms with Crippen molar-refractivity contribution in [2.75, 3.05) is 4.90 Å². The molecule has 1 aliphatic heterocycles. The smallest absolute Gasteiger partial charge is 0.270 e. The van der Waals surface area contributed by atoms with Crippen LogP contribution in [0.3, 0.4) is 0 Å². The summed E-state index contributed by atoms with van der Waals surface area (Å²) in [7, 11) is 0. The van der Waals surface area contributed by atoms with Gasteiger partial charge in [0, 0.05) is 27.5 Å². The van der Waals surface area contributed by atoms with E-state index in [1.54, 1.807) is 36.4 Å². The third kappa shape index (κ3) is 5.36. The number of fused-ring (bicyclic) bond motifs is 4. The van der Waals surface area contributed by atoms with Crippen LogP contribution < -0.4 is 4.90 Å². The van der Waals surface area contributed by atoms with E-state index < -0.39 is 11.8 Å². The van der Waals surface area contributed by atoms with Crippen LogP contribution in [0.1, 0.15) is 20.7 Å². The quantitative estimate of drug-likeness (QED) is 0.125. The number of anilines is 1. The summed E-state index contributed by atoms with van der Waals surface area (Å²) in [6, 6.07) is 53.5. The molecule has 58 heavy (non-hydrogen) atoms. The molecule has 0 unspecified atom stereocenters. The van der Waals surface area contributed by atoms with Crippen molar-refractivity contribution in [3.63, 3.8) is 0 Å². The van der Waals surface area contributed by atoms with Gasteiger partial charge in [0.1, 0.15) is 0 Å². The van der Waals surface area contributed by atoms with Gasteiger partial charge in [-0.1, -0.05) is 128 Å². The van der Waals surface area contributed by atoms with Crippen LogP contribution in [-0.2, 0) is 0 Å². The van der Waals surface area contributed by atoms with E-state index >= 15 is 4.79 Å². The van der Waals surface area contributed by atoms with Crippen molar-refractivity contribution in [3.8, 4) is 50.5 Å². The minimum absolute atomic E-state index is 0.252. The average Bonchev–Trinajstić information content (AvgIpc) is 3.77. The summed E-state index contributed by atoms with van der Waals surface area (Å²) in [5.74, 6) is -0.378. The van der Waals surface area contributed by atoms with E-state index in [0.717, 1.165) is 55.2 Å². The zero-order chi connectivity index (χ0) is 39.3. The Morgan fingerprint density at radius 2 is 0.966 bits per heavy atom. The first-order chi connectivity index (χ1) is 28.5. The van der Waals surface area contributed by atoms with Crippen molar-refractivity contribution in [2.45, 2.75) is 0 Å². The van der Waals surface area contributed by atoms with Crippen LogP contribution in [0.5, 0.6) is 0 Å². The van der Waals surface area contributed by atoms with Gasteiger partial charge in [0.25, 0.3) is 23.5 Å². The Morgan fingerprint density at radius 3 is 1.55 bits per heavy atom. The summed E-state index contributed by atoms with van der Waals surface area (Å²) < 4.78 is 2.03. The molecule has 10 rings (SSSR count). The lowest BCUT2D eigenvalue weighted by Crippen LogP contribution is -2.30. The number of hydrogen-bond acceptors (Lipinski definition) is 4. The first-order valence-electron chi connectivity index (χ1n) is 18.6. The Balaban J connectivity index is 1.27. The molecule has 8 nitrogen and oxygen atoms in total. The molecule has 270 valence electrons. The van der Waals surface area contributed by atoms with Crippen molar-refractivity contribution in [1.29, 1.82) is 0 Å². The fourth-order valence-corrected chi connectivity index (χ4v) is 8.10. The maximum Gasteiger partial charge on any atom is 0.270 e. The van der Waals surface area contributed by atoms with Crippen LogP contribution in [0.15, 0.2) is 170 Å². The number of para-hydroxylation sites is 2. The molecular weight excluding hydrogens is 717 g/mol. The number of benzene rings is 6. The summed E-state index contributed by atoms with van der Waals surface area (Å²) in [5, 5.41) is 1.75. The monoisotopic (exact) mass is 744 g/mol. The summed E-state index contributed by atoms with van der Waals surface area (Å²) in [6.07, 6.45) is 0. The highest BCUT2D eigenvalue weighted by Gasteiger charge is 2.41. The molecule has 4 heterocycles. The van der Waals surface area contributed by atoms with Crippen LogP contribution >= 0.6 is 0 Å². The Hall–Kier alpha value is -8.46. The molecule has 0 fully saturated rings. The summed E-state index contributed by atoms with van der Waals surface area (Å²) in [4.78, 5) is 48.0. The number of imide groups is 1. The topological polar surface area (TPSA) is 76.8 Å². The lowest BCUT2D eigenvalue weighted by Gasteiger charge is -2.20. The number of nitrogens with zero attached hydrogens (tertiary/aromatic N) is 6. The number of hydrogen-bond donors (Lipinski definition) is 0. The normalized spacial score (nSPS) is 12.1. The third-order valence-corrected chi connectivity index (χ3v) is 10.6. The Morgan fingerprint density at radius 1 is 0.431 bits per heavy atom. The zero-order valence-electron chi connectivity index (χ0n) is 30.7. The molecule has 9 aromatic rings. The number of rotatable bonds is 6. The Kier molecular flexibility index (Phi) is 8.04. The van der Waals surface area contributed by atoms with Gasteiger partial charge in [0.15, 0.2) is 11.4 Å². The molecule has 2 amide bonds. The number of amides is 2. The average molecular weight is 745 g/mol. The van der Waals surface area contributed by atoms with Crippen LogP contribution in [0.4, 0.5) is 17.3 Å². The summed E-state index contributed by atoms with van der Waals surface area (Å²) in [5.41, 5.74) is 9.07. The SMILES string of the molecule is [C-]#[N+]c1cccc(-c2cccc3c4cccc(-c5cccc([N+]#[C-])n5)c4n(-c4cccc5c4C(=O)N(c4cc(-c6ccccc6)ccc4-c4ccccc4)C5=O)c23)n1. The van der Waals surface area contributed by atoms with Crippen molar-refractivity contribution in [1.82, 2.24) is 14.5 Å². The van der Waals surface area contributed by atoms with Crippen LogP contribution in [0.25, 0.3) is 82.0 Å². The second-order valence-electron chi connectivity index (χ2n) is 13.8. The third-order valence-electron chi connectivity index (χ3n) is 10.6. The van der Waals surface area contributed by atoms with E-state index in [1.165, 1.54) is 4.90 Å². The molecule has 0 N–H and O–H groups in total. The van der Waals surface area contributed by atoms with Gasteiger partial charge in [0.2, 0.25) is 0 Å². The van der Waals surface area contributed by atoms with E-state index in [1.807, 2.05) is 138 Å². The number of carbonyl (C=O) groups excluding carboxylic acids is 2. The van der Waals surface area contributed by atoms with Crippen molar-refractivity contribution in [3.05, 3.63) is 204 Å². The molecule has 0 saturated carbocycles. The van der Waals surface area contributed by atoms with Gasteiger partial charge in [-0.15, -0.1) is 9.97 Å². The second-order valence-corrected chi connectivity index (χ2v) is 13.8. The molecule has 8 heteroatoms. The van der Waals surface area contributed by atoms with Gasteiger partial charge < -0.3 is 14.3 Å². The van der Waals surface area contributed by atoms with E-state index in [9.17, 15) is 4.79 Å². The second kappa shape index (κ2) is 13.7. The van der Waals surface area contributed by atoms with E-state index in [4.69, 9.17) is 23.1 Å². The van der Waals surface area contributed by atoms with Crippen LogP contribution in [0, 0.1) is 13.1 Å². The molecule has 0 spiro atoms. The Bertz CT molecular complexity index is 3130. The van der Waals surface area contributed by atoms with Crippen LogP contribution in [0.2, 0.25) is 0 Å². The molecule has 0 bridgehead atoms. The van der Waals surface area contributed by atoms with Crippen LogP contribution in [-0.4, -0.2) is 26.3 Å². The summed E-state index contributed by atoms with van der Waals surface area (Å²) in [6.45, 7) is 15.4. The predicted octanol–water partition coefficient (Wildman–Crippen LogP) is 12.1. The van der Waals surface area contributed by atoms with Gasteiger partial charge in [-0.05, 0) is 71.3 Å². The highest BCUT2D eigenvalue weighted by atomic mass is 16.2. The standard InChI is InChI=1S/C50H28N6O2/c1-51-44-26-12-23-40(53-44)37-20-9-18-35-36-19-10-21-38(41-24-13-27-45(52-2)54-41)48(36)55(47(35)37)42-25-11-22-39-46(42)50(58)56(49(39)57)43-30-33(31-14-5-3-6-15-31)28-29-34(43)32-16-7-4-8-17-32/h3-30H. The lowest BCUT2D eigenvalue weighted by atomic mass is 9.97. The molecular formula is C50H28N6O2. The molecule has 0 aliphatic carbocycles. The van der Waals surface area contributed by atoms with E-state index in [2.05, 4.69) is 9.69 Å². The molecule has 0 radical (unpaired) electrons. The molecule has 6 aromatic carbocycles. The summed E-state index contributed by atoms with van der Waals surface area (Å²) >= 11 is 0. The number of pyridine rings is 2. The van der Waals surface area contributed by atoms with E-state index in [-0.39, 0.29) is 22.8 Å². The highest BCUT2D eigenvalue weighted by molar-refractivity contribution is 6.36. The fraction of sp³-hybridized carbons (Fsp3) is 0. The Labute approximate surface area is 333 Å². The first kappa shape index (κ1) is 34.1. The zero-order valence-corrected chi connectivity index (χ0v) is 30.7. The fourth-order valence-electron chi connectivity index (χ4n) is 8.10. The molecule has 0 atom stereocenters. The van der Waals surface area contributed by atoms with Crippen molar-refractivity contribution in [2.24, 2.45) is 0 Å². The first-order valence-corrected chi connectivity index (χ1v) is 18.6. The molecule has 0 saturated heterocycles. The molecule has 1 aliphatic rings. The van der Waals surface area contributed by atoms with Crippen molar-refractivity contribution < 1.29 is 9.59 Å². The largest absolute Gasteiger partial charge is 0.361 e. The highest BCUT2D eigenvalue weighted by Crippen LogP contribution is 2.45. The van der Waals surface area contributed by atoms with Gasteiger partial charge >= 0.3 is 0 Å². The minimum atomic E-state index is -0.454. The minimum Gasteiger partial charge on any atom is -0.361 e. The van der Waals surface area contributed by atoms with Gasteiger partial charge in [-0.2, -0.15) is 0 Å². The predicted molar refractivity (Wildman–Crippen MR) is 228 cm³/mol.